The van der Waals surface area contributed by atoms with Crippen molar-refractivity contribution in [3.63, 3.8) is 0 Å². The molecule has 3 aromatic rings. The van der Waals surface area contributed by atoms with Gasteiger partial charge in [0.25, 0.3) is 0 Å². The summed E-state index contributed by atoms with van der Waals surface area (Å²) in [6, 6.07) is 11.3. The van der Waals surface area contributed by atoms with Gasteiger partial charge in [-0.2, -0.15) is 0 Å². The van der Waals surface area contributed by atoms with Crippen molar-refractivity contribution in [2.24, 2.45) is 0 Å². The summed E-state index contributed by atoms with van der Waals surface area (Å²) in [6.07, 6.45) is 3.68. The van der Waals surface area contributed by atoms with E-state index in [1.54, 1.807) is 16.5 Å². The lowest BCUT2D eigenvalue weighted by molar-refractivity contribution is 0.0602. The second-order valence-electron chi connectivity index (χ2n) is 4.98. The lowest BCUT2D eigenvalue weighted by Crippen LogP contribution is -2.03. The van der Waals surface area contributed by atoms with E-state index in [0.717, 1.165) is 17.0 Å². The molecule has 0 atom stereocenters. The predicted octanol–water partition coefficient (Wildman–Crippen LogP) is 3.01. The van der Waals surface area contributed by atoms with Crippen LogP contribution >= 0.6 is 0 Å². The summed E-state index contributed by atoms with van der Waals surface area (Å²) in [7, 11) is 1.36. The highest BCUT2D eigenvalue weighted by molar-refractivity contribution is 5.95. The maximum absolute atomic E-state index is 11.7. The average Bonchev–Trinajstić information content (AvgIpc) is 2.95. The second kappa shape index (κ2) is 5.89. The number of imidazole rings is 1. The van der Waals surface area contributed by atoms with Gasteiger partial charge in [0.2, 0.25) is 0 Å². The molecule has 0 bridgehead atoms. The van der Waals surface area contributed by atoms with Gasteiger partial charge in [-0.05, 0) is 36.8 Å². The van der Waals surface area contributed by atoms with Crippen LogP contribution in [0.5, 0.6) is 5.75 Å². The Hall–Kier alpha value is -2.82. The molecule has 5 nitrogen and oxygen atoms in total. The van der Waals surface area contributed by atoms with Crippen LogP contribution in [0.3, 0.4) is 0 Å². The van der Waals surface area contributed by atoms with Gasteiger partial charge in [-0.1, -0.05) is 12.1 Å². The highest BCUT2D eigenvalue weighted by Gasteiger charge is 2.13. The highest BCUT2D eigenvalue weighted by Crippen LogP contribution is 2.16. The highest BCUT2D eigenvalue weighted by atomic mass is 16.5. The smallest absolute Gasteiger partial charge is 0.341 e. The molecule has 2 aromatic heterocycles. The Kier molecular flexibility index (Phi) is 3.78. The van der Waals surface area contributed by atoms with Crippen LogP contribution in [0, 0.1) is 6.92 Å². The van der Waals surface area contributed by atoms with Crippen molar-refractivity contribution in [1.29, 1.82) is 0 Å². The summed E-state index contributed by atoms with van der Waals surface area (Å²) in [5, 5.41) is 0. The fourth-order valence-corrected chi connectivity index (χ4v) is 2.27. The fraction of sp³-hybridized carbons (Fsp3) is 0.176. The van der Waals surface area contributed by atoms with Crippen LogP contribution in [0.1, 0.15) is 21.6 Å². The van der Waals surface area contributed by atoms with Gasteiger partial charge in [0.1, 0.15) is 17.9 Å². The number of aromatic nitrogens is 2. The van der Waals surface area contributed by atoms with E-state index in [2.05, 4.69) is 4.98 Å². The lowest BCUT2D eigenvalue weighted by Gasteiger charge is -2.04. The zero-order chi connectivity index (χ0) is 15.5. The molecule has 112 valence electrons. The molecule has 0 N–H and O–H groups in total. The summed E-state index contributed by atoms with van der Waals surface area (Å²) in [5.74, 6) is 0.396. The minimum absolute atomic E-state index is 0.339. The largest absolute Gasteiger partial charge is 0.487 e. The van der Waals surface area contributed by atoms with Gasteiger partial charge < -0.3 is 13.9 Å². The molecule has 22 heavy (non-hydrogen) atoms. The Morgan fingerprint density at radius 3 is 2.91 bits per heavy atom. The Balaban J connectivity index is 1.85. The molecule has 1 aromatic carbocycles. The number of pyridine rings is 1. The Bertz CT molecular complexity index is 824. The molecule has 0 amide bonds. The van der Waals surface area contributed by atoms with Crippen molar-refractivity contribution in [2.75, 3.05) is 7.11 Å². The summed E-state index contributed by atoms with van der Waals surface area (Å²) >= 11 is 0. The van der Waals surface area contributed by atoms with E-state index in [1.165, 1.54) is 7.11 Å². The van der Waals surface area contributed by atoms with Crippen molar-refractivity contribution >= 4 is 11.6 Å². The van der Waals surface area contributed by atoms with Gasteiger partial charge in [-0.25, -0.2) is 9.78 Å². The van der Waals surface area contributed by atoms with E-state index >= 15 is 0 Å². The van der Waals surface area contributed by atoms with E-state index in [-0.39, 0.29) is 0 Å². The van der Waals surface area contributed by atoms with Crippen LogP contribution in [0.15, 0.2) is 48.8 Å². The first-order valence-electron chi connectivity index (χ1n) is 6.92. The standard InChI is InChI=1S/C17H16N2O3/c1-12-5-3-6-14(9-12)22-11-13-10-19-8-4-7-15(16(19)18-13)17(20)21-2/h3-10H,11H2,1-2H3. The quantitative estimate of drug-likeness (QED) is 0.694. The molecule has 2 heterocycles. The molecule has 5 heteroatoms. The molecule has 0 aliphatic rings. The van der Waals surface area contributed by atoms with E-state index in [4.69, 9.17) is 9.47 Å². The summed E-state index contributed by atoms with van der Waals surface area (Å²) < 4.78 is 12.3. The zero-order valence-corrected chi connectivity index (χ0v) is 12.4. The number of esters is 1. The molecule has 0 saturated carbocycles. The van der Waals surface area contributed by atoms with E-state index in [1.807, 2.05) is 43.6 Å². The first-order valence-corrected chi connectivity index (χ1v) is 6.92. The van der Waals surface area contributed by atoms with Gasteiger partial charge in [0.05, 0.1) is 12.8 Å². The summed E-state index contributed by atoms with van der Waals surface area (Å²) in [6.45, 7) is 2.35. The number of methoxy groups -OCH3 is 1. The van der Waals surface area contributed by atoms with Gasteiger partial charge in [0, 0.05) is 12.4 Å². The minimum Gasteiger partial charge on any atom is -0.487 e. The van der Waals surface area contributed by atoms with Crippen LogP contribution in [-0.4, -0.2) is 22.5 Å². The van der Waals surface area contributed by atoms with Crippen LogP contribution in [0.4, 0.5) is 0 Å². The van der Waals surface area contributed by atoms with Gasteiger partial charge in [-0.15, -0.1) is 0 Å². The average molecular weight is 296 g/mol. The van der Waals surface area contributed by atoms with Crippen molar-refractivity contribution in [3.05, 3.63) is 65.6 Å². The molecule has 0 unspecified atom stereocenters. The van der Waals surface area contributed by atoms with Crippen molar-refractivity contribution in [1.82, 2.24) is 9.38 Å². The molecule has 3 rings (SSSR count). The van der Waals surface area contributed by atoms with E-state index in [0.29, 0.717) is 17.8 Å². The molecular weight excluding hydrogens is 280 g/mol. The van der Waals surface area contributed by atoms with Gasteiger partial charge in [-0.3, -0.25) is 0 Å². The second-order valence-corrected chi connectivity index (χ2v) is 4.98. The third kappa shape index (κ3) is 2.79. The number of carbonyl (C=O) groups excluding carboxylic acids is 1. The monoisotopic (exact) mass is 296 g/mol. The fourth-order valence-electron chi connectivity index (χ4n) is 2.27. The molecule has 0 spiro atoms. The predicted molar refractivity (Wildman–Crippen MR) is 82.0 cm³/mol. The first-order chi connectivity index (χ1) is 10.7. The van der Waals surface area contributed by atoms with Crippen molar-refractivity contribution < 1.29 is 14.3 Å². The number of hydrogen-bond donors (Lipinski definition) is 0. The van der Waals surface area contributed by atoms with Gasteiger partial charge in [0.15, 0.2) is 5.65 Å². The lowest BCUT2D eigenvalue weighted by atomic mass is 10.2. The molecule has 0 radical (unpaired) electrons. The number of aryl methyl sites for hydroxylation is 1. The van der Waals surface area contributed by atoms with Crippen LogP contribution in [0.2, 0.25) is 0 Å². The molecule has 0 saturated heterocycles. The number of fused-ring (bicyclic) bond motifs is 1. The van der Waals surface area contributed by atoms with Crippen LogP contribution in [0.25, 0.3) is 5.65 Å². The van der Waals surface area contributed by atoms with Crippen LogP contribution < -0.4 is 4.74 Å². The number of rotatable bonds is 4. The van der Waals surface area contributed by atoms with Crippen molar-refractivity contribution in [2.45, 2.75) is 13.5 Å². The zero-order valence-electron chi connectivity index (χ0n) is 12.4. The summed E-state index contributed by atoms with van der Waals surface area (Å²) in [5.41, 5.74) is 2.89. The number of nitrogens with zero attached hydrogens (tertiary/aromatic N) is 2. The minimum atomic E-state index is -0.401. The van der Waals surface area contributed by atoms with Crippen LogP contribution in [-0.2, 0) is 11.3 Å². The Morgan fingerprint density at radius 2 is 2.14 bits per heavy atom. The topological polar surface area (TPSA) is 52.8 Å². The molecule has 0 aliphatic heterocycles. The molecule has 0 aliphatic carbocycles. The number of benzene rings is 1. The first kappa shape index (κ1) is 14.1. The third-order valence-electron chi connectivity index (χ3n) is 3.31. The van der Waals surface area contributed by atoms with E-state index < -0.39 is 5.97 Å². The van der Waals surface area contributed by atoms with Gasteiger partial charge >= 0.3 is 5.97 Å². The third-order valence-corrected chi connectivity index (χ3v) is 3.31. The maximum Gasteiger partial charge on any atom is 0.341 e. The number of ether oxygens (including phenoxy) is 2. The summed E-state index contributed by atoms with van der Waals surface area (Å²) in [4.78, 5) is 16.2. The maximum atomic E-state index is 11.7. The van der Waals surface area contributed by atoms with Crippen molar-refractivity contribution in [3.8, 4) is 5.75 Å². The number of carbonyl (C=O) groups is 1. The molecular formula is C17H16N2O3. The van der Waals surface area contributed by atoms with E-state index in [9.17, 15) is 4.79 Å². The Labute approximate surface area is 128 Å². The normalized spacial score (nSPS) is 10.6. The molecule has 0 fully saturated rings. The SMILES string of the molecule is COC(=O)c1cccn2cc(COc3cccc(C)c3)nc12. The Morgan fingerprint density at radius 1 is 1.27 bits per heavy atom. The number of hydrogen-bond acceptors (Lipinski definition) is 4.